The van der Waals surface area contributed by atoms with E-state index in [1.807, 2.05) is 37.8 Å². The van der Waals surface area contributed by atoms with Gasteiger partial charge in [-0.05, 0) is 50.7 Å². The summed E-state index contributed by atoms with van der Waals surface area (Å²) in [4.78, 5) is 40.2. The number of carbonyl (C=O) groups excluding carboxylic acids is 3. The second-order valence-electron chi connectivity index (χ2n) is 9.50. The average molecular weight is 428 g/mol. The maximum absolute atomic E-state index is 13.2. The van der Waals surface area contributed by atoms with Crippen LogP contribution in [0.5, 0.6) is 0 Å². The van der Waals surface area contributed by atoms with Crippen LogP contribution in [0.4, 0.5) is 0 Å². The number of rotatable bonds is 6. The number of amides is 3. The molecule has 0 radical (unpaired) electrons. The molecule has 1 heterocycles. The fourth-order valence-electron chi connectivity index (χ4n) is 4.57. The van der Waals surface area contributed by atoms with Gasteiger partial charge in [-0.15, -0.1) is 0 Å². The van der Waals surface area contributed by atoms with E-state index < -0.39 is 6.04 Å². The Balaban J connectivity index is 1.51. The zero-order chi connectivity index (χ0) is 22.4. The summed E-state index contributed by atoms with van der Waals surface area (Å²) >= 11 is 0. The second kappa shape index (κ2) is 10.8. The molecule has 0 spiro atoms. The van der Waals surface area contributed by atoms with Crippen molar-refractivity contribution in [1.29, 1.82) is 0 Å². The topological polar surface area (TPSA) is 78.5 Å². The van der Waals surface area contributed by atoms with Gasteiger partial charge in [0, 0.05) is 30.6 Å². The van der Waals surface area contributed by atoms with Gasteiger partial charge in [0.25, 0.3) is 5.91 Å². The van der Waals surface area contributed by atoms with Crippen molar-refractivity contribution in [3.63, 3.8) is 0 Å². The van der Waals surface area contributed by atoms with Crippen LogP contribution in [0.3, 0.4) is 0 Å². The standard InChI is InChI=1S/C25H37N3O3/c1-17(2)22(27-24(30)20-11-9-18(3)10-12-20)25(31)28-15-13-21(14-16-28)26-23(29)19-7-5-4-6-8-19/h9-12,17,19,21-22H,4-8,13-16H2,1-3H3,(H,26,29)(H,27,30). The number of carbonyl (C=O) groups is 3. The lowest BCUT2D eigenvalue weighted by molar-refractivity contribution is -0.135. The van der Waals surface area contributed by atoms with Crippen LogP contribution in [-0.2, 0) is 9.59 Å². The molecule has 2 aliphatic rings. The highest BCUT2D eigenvalue weighted by molar-refractivity contribution is 5.97. The third-order valence-corrected chi connectivity index (χ3v) is 6.66. The van der Waals surface area contributed by atoms with Crippen LogP contribution < -0.4 is 10.6 Å². The van der Waals surface area contributed by atoms with Gasteiger partial charge in [0.15, 0.2) is 0 Å². The summed E-state index contributed by atoms with van der Waals surface area (Å²) in [5.41, 5.74) is 1.65. The molecule has 6 heteroatoms. The van der Waals surface area contributed by atoms with Crippen LogP contribution in [0.1, 0.15) is 74.7 Å². The van der Waals surface area contributed by atoms with Crippen LogP contribution in [-0.4, -0.2) is 47.8 Å². The van der Waals surface area contributed by atoms with E-state index in [4.69, 9.17) is 0 Å². The lowest BCUT2D eigenvalue weighted by Gasteiger charge is -2.36. The van der Waals surface area contributed by atoms with Gasteiger partial charge in [0.05, 0.1) is 0 Å². The van der Waals surface area contributed by atoms with E-state index in [2.05, 4.69) is 10.6 Å². The molecule has 170 valence electrons. The fraction of sp³-hybridized carbons (Fsp3) is 0.640. The molecule has 1 saturated carbocycles. The monoisotopic (exact) mass is 427 g/mol. The SMILES string of the molecule is Cc1ccc(C(=O)NC(C(=O)N2CCC(NC(=O)C3CCCCC3)CC2)C(C)C)cc1. The molecule has 1 aliphatic carbocycles. The van der Waals surface area contributed by atoms with Gasteiger partial charge in [-0.3, -0.25) is 14.4 Å². The lowest BCUT2D eigenvalue weighted by Crippen LogP contribution is -2.55. The van der Waals surface area contributed by atoms with Crippen molar-refractivity contribution in [2.24, 2.45) is 11.8 Å². The van der Waals surface area contributed by atoms with E-state index in [-0.39, 0.29) is 35.6 Å². The Kier molecular flexibility index (Phi) is 8.10. The summed E-state index contributed by atoms with van der Waals surface area (Å²) in [6.45, 7) is 7.10. The summed E-state index contributed by atoms with van der Waals surface area (Å²) in [6, 6.07) is 6.95. The van der Waals surface area contributed by atoms with Gasteiger partial charge < -0.3 is 15.5 Å². The van der Waals surface area contributed by atoms with Crippen LogP contribution in [0.15, 0.2) is 24.3 Å². The lowest BCUT2D eigenvalue weighted by atomic mass is 9.88. The Morgan fingerprint density at radius 1 is 0.935 bits per heavy atom. The molecule has 0 bridgehead atoms. The number of piperidine rings is 1. The number of likely N-dealkylation sites (tertiary alicyclic amines) is 1. The first-order valence-electron chi connectivity index (χ1n) is 11.8. The third-order valence-electron chi connectivity index (χ3n) is 6.66. The van der Waals surface area contributed by atoms with Gasteiger partial charge >= 0.3 is 0 Å². The highest BCUT2D eigenvalue weighted by Crippen LogP contribution is 2.24. The Morgan fingerprint density at radius 2 is 1.55 bits per heavy atom. The molecule has 1 saturated heterocycles. The zero-order valence-electron chi connectivity index (χ0n) is 19.2. The molecule has 1 aromatic rings. The first-order chi connectivity index (χ1) is 14.8. The molecular weight excluding hydrogens is 390 g/mol. The van der Waals surface area contributed by atoms with Crippen molar-refractivity contribution in [1.82, 2.24) is 15.5 Å². The first-order valence-corrected chi connectivity index (χ1v) is 11.8. The molecule has 1 unspecified atom stereocenters. The van der Waals surface area contributed by atoms with E-state index in [1.54, 1.807) is 12.1 Å². The number of hydrogen-bond acceptors (Lipinski definition) is 3. The largest absolute Gasteiger partial charge is 0.353 e. The van der Waals surface area contributed by atoms with E-state index in [0.29, 0.717) is 18.7 Å². The van der Waals surface area contributed by atoms with Gasteiger partial charge in [0.2, 0.25) is 11.8 Å². The molecule has 31 heavy (non-hydrogen) atoms. The van der Waals surface area contributed by atoms with Crippen molar-refractivity contribution in [3.05, 3.63) is 35.4 Å². The molecular formula is C25H37N3O3. The van der Waals surface area contributed by atoms with Crippen molar-refractivity contribution < 1.29 is 14.4 Å². The number of aryl methyl sites for hydroxylation is 1. The van der Waals surface area contributed by atoms with Crippen LogP contribution >= 0.6 is 0 Å². The van der Waals surface area contributed by atoms with Crippen LogP contribution in [0, 0.1) is 18.8 Å². The van der Waals surface area contributed by atoms with Crippen molar-refractivity contribution >= 4 is 17.7 Å². The molecule has 2 fully saturated rings. The maximum atomic E-state index is 13.2. The predicted molar refractivity (Wildman–Crippen MR) is 122 cm³/mol. The molecule has 1 aliphatic heterocycles. The summed E-state index contributed by atoms with van der Waals surface area (Å²) in [6.07, 6.45) is 7.06. The molecule has 0 aromatic heterocycles. The van der Waals surface area contributed by atoms with Crippen molar-refractivity contribution in [2.75, 3.05) is 13.1 Å². The Labute approximate surface area is 186 Å². The highest BCUT2D eigenvalue weighted by atomic mass is 16.2. The minimum Gasteiger partial charge on any atom is -0.353 e. The van der Waals surface area contributed by atoms with E-state index in [1.165, 1.54) is 6.42 Å². The maximum Gasteiger partial charge on any atom is 0.251 e. The second-order valence-corrected chi connectivity index (χ2v) is 9.50. The number of nitrogens with one attached hydrogen (secondary N) is 2. The van der Waals surface area contributed by atoms with Crippen molar-refractivity contribution in [3.8, 4) is 0 Å². The highest BCUT2D eigenvalue weighted by Gasteiger charge is 2.32. The quantitative estimate of drug-likeness (QED) is 0.730. The van der Waals surface area contributed by atoms with E-state index in [9.17, 15) is 14.4 Å². The van der Waals surface area contributed by atoms with Crippen LogP contribution in [0.2, 0.25) is 0 Å². The zero-order valence-corrected chi connectivity index (χ0v) is 19.2. The molecule has 6 nitrogen and oxygen atoms in total. The summed E-state index contributed by atoms with van der Waals surface area (Å²) in [5.74, 6) is 0.0884. The van der Waals surface area contributed by atoms with E-state index in [0.717, 1.165) is 44.1 Å². The molecule has 2 N–H and O–H groups in total. The van der Waals surface area contributed by atoms with Gasteiger partial charge in [-0.25, -0.2) is 0 Å². The first kappa shape index (κ1) is 23.3. The number of benzene rings is 1. The van der Waals surface area contributed by atoms with Crippen LogP contribution in [0.25, 0.3) is 0 Å². The average Bonchev–Trinajstić information content (AvgIpc) is 2.78. The normalized spacial score (nSPS) is 19.2. The minimum absolute atomic E-state index is 0.00868. The predicted octanol–water partition coefficient (Wildman–Crippen LogP) is 3.44. The minimum atomic E-state index is -0.554. The Morgan fingerprint density at radius 3 is 2.13 bits per heavy atom. The van der Waals surface area contributed by atoms with Crippen molar-refractivity contribution in [2.45, 2.75) is 77.8 Å². The van der Waals surface area contributed by atoms with Gasteiger partial charge in [-0.1, -0.05) is 50.8 Å². The van der Waals surface area contributed by atoms with E-state index >= 15 is 0 Å². The van der Waals surface area contributed by atoms with Gasteiger partial charge in [-0.2, -0.15) is 0 Å². The summed E-state index contributed by atoms with van der Waals surface area (Å²) < 4.78 is 0. The Bertz CT molecular complexity index is 761. The summed E-state index contributed by atoms with van der Waals surface area (Å²) in [7, 11) is 0. The molecule has 1 aromatic carbocycles. The number of hydrogen-bond donors (Lipinski definition) is 2. The van der Waals surface area contributed by atoms with Gasteiger partial charge in [0.1, 0.15) is 6.04 Å². The molecule has 3 rings (SSSR count). The fourth-order valence-corrected chi connectivity index (χ4v) is 4.57. The smallest absolute Gasteiger partial charge is 0.251 e. The molecule has 1 atom stereocenters. The third kappa shape index (κ3) is 6.31. The summed E-state index contributed by atoms with van der Waals surface area (Å²) in [5, 5.41) is 6.15. The Hall–Kier alpha value is -2.37. The molecule has 3 amide bonds. The number of nitrogens with zero attached hydrogens (tertiary/aromatic N) is 1.